The molecule has 1 aromatic rings. The van der Waals surface area contributed by atoms with E-state index in [1.165, 1.54) is 0 Å². The molecule has 3 heterocycles. The molecule has 3 amide bonds. The van der Waals surface area contributed by atoms with Crippen molar-refractivity contribution in [3.8, 4) is 0 Å². The zero-order valence-electron chi connectivity index (χ0n) is 22.3. The van der Waals surface area contributed by atoms with E-state index < -0.39 is 34.2 Å². The van der Waals surface area contributed by atoms with Gasteiger partial charge in [0.1, 0.15) is 6.04 Å². The number of hydrogen-bond donors (Lipinski definition) is 1. The monoisotopic (exact) mass is 525 g/mol. The number of fused-ring (bicyclic) bond motifs is 1. The number of rotatable bonds is 9. The average molecular weight is 526 g/mol. The lowest BCUT2D eigenvalue weighted by atomic mass is 9.70. The number of aliphatic hydroxyl groups is 1. The first-order valence-electron chi connectivity index (χ1n) is 13.0. The topological polar surface area (TPSA) is 81.2 Å². The van der Waals surface area contributed by atoms with Crippen LogP contribution in [0.15, 0.2) is 55.6 Å². The summed E-state index contributed by atoms with van der Waals surface area (Å²) in [4.78, 5) is 47.7. The third kappa shape index (κ3) is 4.42. The van der Waals surface area contributed by atoms with E-state index in [1.807, 2.05) is 51.1 Å². The predicted octanol–water partition coefficient (Wildman–Crippen LogP) is 3.49. The van der Waals surface area contributed by atoms with E-state index in [0.717, 1.165) is 12.1 Å². The molecule has 1 aromatic carbocycles. The van der Waals surface area contributed by atoms with Crippen LogP contribution in [0.1, 0.15) is 40.5 Å². The highest BCUT2D eigenvalue weighted by Crippen LogP contribution is 2.67. The summed E-state index contributed by atoms with van der Waals surface area (Å²) in [6.45, 7) is 15.8. The number of likely N-dealkylation sites (tertiary alicyclic amines) is 1. The van der Waals surface area contributed by atoms with Crippen molar-refractivity contribution >= 4 is 35.2 Å². The largest absolute Gasteiger partial charge is 0.394 e. The predicted molar refractivity (Wildman–Crippen MR) is 148 cm³/mol. The number of aliphatic hydroxyl groups excluding tert-OH is 1. The maximum atomic E-state index is 14.3. The van der Waals surface area contributed by atoms with Crippen LogP contribution in [0.25, 0.3) is 0 Å². The molecule has 3 aliphatic heterocycles. The highest BCUT2D eigenvalue weighted by molar-refractivity contribution is 8.02. The van der Waals surface area contributed by atoms with Crippen molar-refractivity contribution in [3.63, 3.8) is 0 Å². The minimum absolute atomic E-state index is 0.0400. The van der Waals surface area contributed by atoms with Crippen molar-refractivity contribution in [1.82, 2.24) is 9.80 Å². The van der Waals surface area contributed by atoms with Gasteiger partial charge in [-0.15, -0.1) is 24.9 Å². The number of nitrogens with zero attached hydrogens (tertiary/aromatic N) is 3. The first-order chi connectivity index (χ1) is 17.5. The highest BCUT2D eigenvalue weighted by atomic mass is 32.2. The van der Waals surface area contributed by atoms with Crippen LogP contribution in [0.5, 0.6) is 0 Å². The summed E-state index contributed by atoms with van der Waals surface area (Å²) < 4.78 is -0.705. The molecule has 2 unspecified atom stereocenters. The van der Waals surface area contributed by atoms with Gasteiger partial charge in [0.05, 0.1) is 29.2 Å². The van der Waals surface area contributed by atoms with Crippen LogP contribution in [-0.4, -0.2) is 79.9 Å². The number of anilines is 1. The quantitative estimate of drug-likeness (QED) is 0.499. The second-order valence-corrected chi connectivity index (χ2v) is 12.9. The van der Waals surface area contributed by atoms with Crippen LogP contribution in [-0.2, 0) is 14.4 Å². The molecule has 37 heavy (non-hydrogen) atoms. The third-order valence-electron chi connectivity index (χ3n) is 8.03. The molecule has 3 aliphatic rings. The van der Waals surface area contributed by atoms with E-state index in [2.05, 4.69) is 13.2 Å². The molecule has 7 nitrogen and oxygen atoms in total. The van der Waals surface area contributed by atoms with Gasteiger partial charge in [-0.3, -0.25) is 14.4 Å². The Morgan fingerprint density at radius 3 is 2.41 bits per heavy atom. The summed E-state index contributed by atoms with van der Waals surface area (Å²) in [5.74, 6) is -1.61. The molecule has 200 valence electrons. The first kappa shape index (κ1) is 27.5. The van der Waals surface area contributed by atoms with Crippen LogP contribution in [0.3, 0.4) is 0 Å². The maximum absolute atomic E-state index is 14.3. The molecule has 8 heteroatoms. The molecule has 3 fully saturated rings. The second-order valence-electron chi connectivity index (χ2n) is 11.3. The zero-order valence-corrected chi connectivity index (χ0v) is 23.1. The minimum Gasteiger partial charge on any atom is -0.394 e. The Labute approximate surface area is 224 Å². The molecule has 0 aliphatic carbocycles. The Bertz CT molecular complexity index is 1070. The van der Waals surface area contributed by atoms with Gasteiger partial charge in [0.25, 0.3) is 0 Å². The van der Waals surface area contributed by atoms with Gasteiger partial charge in [0, 0.05) is 29.6 Å². The summed E-state index contributed by atoms with van der Waals surface area (Å²) in [7, 11) is 0. The van der Waals surface area contributed by atoms with Crippen LogP contribution in [0.2, 0.25) is 0 Å². The van der Waals surface area contributed by atoms with E-state index in [4.69, 9.17) is 0 Å². The molecule has 4 rings (SSSR count). The van der Waals surface area contributed by atoms with Crippen LogP contribution < -0.4 is 4.90 Å². The van der Waals surface area contributed by atoms with Crippen molar-refractivity contribution in [1.29, 1.82) is 0 Å². The Morgan fingerprint density at radius 2 is 1.84 bits per heavy atom. The van der Waals surface area contributed by atoms with Gasteiger partial charge in [0.15, 0.2) is 0 Å². The van der Waals surface area contributed by atoms with Crippen molar-refractivity contribution in [2.75, 3.05) is 24.6 Å². The van der Waals surface area contributed by atoms with Crippen LogP contribution >= 0.6 is 11.8 Å². The summed E-state index contributed by atoms with van der Waals surface area (Å²) in [5.41, 5.74) is 0.277. The van der Waals surface area contributed by atoms with Crippen molar-refractivity contribution < 1.29 is 19.5 Å². The highest BCUT2D eigenvalue weighted by Gasteiger charge is 2.74. The number of amides is 3. The van der Waals surface area contributed by atoms with E-state index in [9.17, 15) is 19.5 Å². The molecule has 1 spiro atoms. The molecule has 3 saturated heterocycles. The summed E-state index contributed by atoms with van der Waals surface area (Å²) in [5, 5.41) is 10.1. The minimum atomic E-state index is -0.747. The van der Waals surface area contributed by atoms with Gasteiger partial charge in [-0.05, 0) is 52.7 Å². The molecule has 1 N–H and O–H groups in total. The third-order valence-corrected chi connectivity index (χ3v) is 9.98. The van der Waals surface area contributed by atoms with E-state index >= 15 is 0 Å². The summed E-state index contributed by atoms with van der Waals surface area (Å²) in [6.07, 6.45) is 4.85. The van der Waals surface area contributed by atoms with Gasteiger partial charge in [-0.2, -0.15) is 0 Å². The molecular weight excluding hydrogens is 486 g/mol. The van der Waals surface area contributed by atoms with Crippen molar-refractivity contribution in [2.24, 2.45) is 11.8 Å². The fourth-order valence-corrected chi connectivity index (χ4v) is 8.62. The second kappa shape index (κ2) is 10.3. The lowest BCUT2D eigenvalue weighted by Gasteiger charge is -2.43. The first-order valence-corrected chi connectivity index (χ1v) is 13.9. The fraction of sp³-hybridized carbons (Fsp3) is 0.552. The van der Waals surface area contributed by atoms with Gasteiger partial charge in [-0.1, -0.05) is 30.4 Å². The average Bonchev–Trinajstić information content (AvgIpc) is 3.51. The van der Waals surface area contributed by atoms with Gasteiger partial charge < -0.3 is 19.8 Å². The number of benzene rings is 1. The standard InChI is InChI=1S/C29H39N3O4S/c1-7-16-30(20-12-10-9-11-13-20)25(34)22-21-14-15-29(37-21)23(22)26(35)32(19(3)18-33)24(29)27(36)31(17-8-2)28(4,5)6/h7-13,19,21-24,33H,1-2,14-18H2,3-6H3/t19-,21-,22+,23+,24?,29?/m1/s1. The Balaban J connectivity index is 1.79. The number of carbonyl (C=O) groups is 3. The fourth-order valence-electron chi connectivity index (χ4n) is 6.42. The van der Waals surface area contributed by atoms with Gasteiger partial charge >= 0.3 is 0 Å². The summed E-state index contributed by atoms with van der Waals surface area (Å²) in [6, 6.07) is 8.16. The SMILES string of the molecule is C=CCN(C(=O)[C@@H]1[C@H]2C(=O)N([C@H](C)CO)C(C(=O)N(CC=C)C(C)(C)C)C23CC[C@H]1S3)c1ccccc1. The number of thioether (sulfide) groups is 1. The maximum Gasteiger partial charge on any atom is 0.247 e. The normalized spacial score (nSPS) is 29.1. The number of carbonyl (C=O) groups excluding carboxylic acids is 3. The lowest BCUT2D eigenvalue weighted by Crippen LogP contribution is -2.60. The molecule has 0 radical (unpaired) electrons. The van der Waals surface area contributed by atoms with Gasteiger partial charge in [-0.25, -0.2) is 0 Å². The number of para-hydroxylation sites is 1. The molecule has 0 aromatic heterocycles. The van der Waals surface area contributed by atoms with E-state index in [0.29, 0.717) is 19.5 Å². The molecule has 0 saturated carbocycles. The van der Waals surface area contributed by atoms with Crippen molar-refractivity contribution in [3.05, 3.63) is 55.6 Å². The van der Waals surface area contributed by atoms with Gasteiger partial charge in [0.2, 0.25) is 17.7 Å². The number of hydrogen-bond acceptors (Lipinski definition) is 5. The van der Waals surface area contributed by atoms with E-state index in [-0.39, 0.29) is 29.6 Å². The Hall–Kier alpha value is -2.58. The van der Waals surface area contributed by atoms with Crippen LogP contribution in [0, 0.1) is 11.8 Å². The summed E-state index contributed by atoms with van der Waals surface area (Å²) >= 11 is 1.64. The van der Waals surface area contributed by atoms with Crippen molar-refractivity contribution in [2.45, 2.75) is 68.2 Å². The molecule has 2 bridgehead atoms. The Kier molecular flexibility index (Phi) is 7.64. The van der Waals surface area contributed by atoms with Crippen LogP contribution in [0.4, 0.5) is 5.69 Å². The zero-order chi connectivity index (χ0) is 27.1. The lowest BCUT2D eigenvalue weighted by molar-refractivity contribution is -0.147. The molecular formula is C29H39N3O4S. The molecule has 6 atom stereocenters. The van der Waals surface area contributed by atoms with E-state index in [1.54, 1.807) is 45.5 Å². The smallest absolute Gasteiger partial charge is 0.247 e. The Morgan fingerprint density at radius 1 is 1.19 bits per heavy atom.